The number of allylic oxidation sites excluding steroid dienone is 4. The lowest BCUT2D eigenvalue weighted by Crippen LogP contribution is -2.36. The Morgan fingerprint density at radius 2 is 1.53 bits per heavy atom. The molecular formula is C27H34ClNO3. The van der Waals surface area contributed by atoms with Gasteiger partial charge in [-0.25, -0.2) is 0 Å². The first-order valence-electron chi connectivity index (χ1n) is 12.3. The van der Waals surface area contributed by atoms with E-state index in [2.05, 4.69) is 12.2 Å². The van der Waals surface area contributed by atoms with E-state index in [1.54, 1.807) is 0 Å². The zero-order valence-corrected chi connectivity index (χ0v) is 19.9. The minimum absolute atomic E-state index is 0.135. The van der Waals surface area contributed by atoms with Crippen LogP contribution < -0.4 is 10.1 Å². The van der Waals surface area contributed by atoms with Crippen LogP contribution in [0.4, 0.5) is 0 Å². The van der Waals surface area contributed by atoms with Gasteiger partial charge in [-0.2, -0.15) is 0 Å². The molecule has 0 aromatic heterocycles. The van der Waals surface area contributed by atoms with Gasteiger partial charge in [0.05, 0.1) is 6.61 Å². The van der Waals surface area contributed by atoms with Crippen LogP contribution in [0.5, 0.6) is 5.75 Å². The topological polar surface area (TPSA) is 55.4 Å². The second kappa shape index (κ2) is 10.7. The summed E-state index contributed by atoms with van der Waals surface area (Å²) in [6.45, 7) is 2.85. The highest BCUT2D eigenvalue weighted by Gasteiger charge is 2.41. The normalized spacial score (nSPS) is 19.1. The fraction of sp³-hybridized carbons (Fsp3) is 0.556. The standard InChI is InChI=1S/C27H34ClNO3/c1-2-3-4-5-6-7-16-32-24-15-14-18(28)17-19(24)25-26-20(10-8-12-22(26)30)29-21-11-9-13-23(31)27(21)25/h14-15,17,25,29H,2-13,16H2,1H3. The largest absolute Gasteiger partial charge is 0.493 e. The molecule has 32 heavy (non-hydrogen) atoms. The fourth-order valence-electron chi connectivity index (χ4n) is 5.24. The molecule has 0 spiro atoms. The molecule has 0 atom stereocenters. The van der Waals surface area contributed by atoms with E-state index in [1.807, 2.05) is 18.2 Å². The molecule has 0 saturated heterocycles. The van der Waals surface area contributed by atoms with Gasteiger partial charge in [0, 0.05) is 51.9 Å². The maximum Gasteiger partial charge on any atom is 0.161 e. The van der Waals surface area contributed by atoms with Crippen LogP contribution in [0.1, 0.15) is 95.5 Å². The highest BCUT2D eigenvalue weighted by molar-refractivity contribution is 6.30. The van der Waals surface area contributed by atoms with E-state index in [-0.39, 0.29) is 17.5 Å². The van der Waals surface area contributed by atoms with Gasteiger partial charge in [0.25, 0.3) is 0 Å². The Kier molecular flexibility index (Phi) is 7.72. The summed E-state index contributed by atoms with van der Waals surface area (Å²) in [7, 11) is 0. The smallest absolute Gasteiger partial charge is 0.161 e. The molecule has 4 nitrogen and oxygen atoms in total. The number of carbonyl (C=O) groups excluding carboxylic acids is 2. The summed E-state index contributed by atoms with van der Waals surface area (Å²) in [6.07, 6.45) is 11.6. The monoisotopic (exact) mass is 455 g/mol. The molecule has 3 aliphatic rings. The predicted octanol–water partition coefficient (Wildman–Crippen LogP) is 6.78. The van der Waals surface area contributed by atoms with Crippen molar-refractivity contribution < 1.29 is 14.3 Å². The first-order chi connectivity index (χ1) is 15.6. The Bertz CT molecular complexity index is 904. The van der Waals surface area contributed by atoms with Crippen LogP contribution in [-0.2, 0) is 9.59 Å². The van der Waals surface area contributed by atoms with Gasteiger partial charge in [0.2, 0.25) is 0 Å². The zero-order chi connectivity index (χ0) is 22.5. The van der Waals surface area contributed by atoms with E-state index < -0.39 is 0 Å². The number of ketones is 2. The number of hydrogen-bond donors (Lipinski definition) is 1. The highest BCUT2D eigenvalue weighted by atomic mass is 35.5. The average Bonchev–Trinajstić information content (AvgIpc) is 2.78. The number of unbranched alkanes of at least 4 members (excludes halogenated alkanes) is 5. The minimum Gasteiger partial charge on any atom is -0.493 e. The van der Waals surface area contributed by atoms with Crippen LogP contribution in [0.25, 0.3) is 0 Å². The van der Waals surface area contributed by atoms with E-state index in [4.69, 9.17) is 16.3 Å². The first-order valence-corrected chi connectivity index (χ1v) is 12.7. The molecule has 0 saturated carbocycles. The summed E-state index contributed by atoms with van der Waals surface area (Å²) in [5.74, 6) is 0.636. The Morgan fingerprint density at radius 1 is 0.906 bits per heavy atom. The molecule has 0 fully saturated rings. The van der Waals surface area contributed by atoms with Crippen LogP contribution in [0.15, 0.2) is 40.7 Å². The highest BCUT2D eigenvalue weighted by Crippen LogP contribution is 2.48. The molecule has 1 aromatic carbocycles. The molecule has 1 N–H and O–H groups in total. The molecular weight excluding hydrogens is 422 g/mol. The van der Waals surface area contributed by atoms with Gasteiger partial charge in [-0.1, -0.05) is 50.6 Å². The van der Waals surface area contributed by atoms with Crippen molar-refractivity contribution in [1.29, 1.82) is 0 Å². The van der Waals surface area contributed by atoms with Crippen LogP contribution in [0, 0.1) is 0 Å². The van der Waals surface area contributed by atoms with Crippen molar-refractivity contribution in [3.8, 4) is 5.75 Å². The van der Waals surface area contributed by atoms with Gasteiger partial charge in [-0.3, -0.25) is 9.59 Å². The van der Waals surface area contributed by atoms with Crippen molar-refractivity contribution in [2.75, 3.05) is 6.61 Å². The minimum atomic E-state index is -0.375. The van der Waals surface area contributed by atoms with Crippen molar-refractivity contribution >= 4 is 23.2 Å². The van der Waals surface area contributed by atoms with E-state index in [0.717, 1.165) is 72.4 Å². The molecule has 5 heteroatoms. The average molecular weight is 456 g/mol. The van der Waals surface area contributed by atoms with Gasteiger partial charge in [0.1, 0.15) is 5.75 Å². The van der Waals surface area contributed by atoms with E-state index in [1.165, 1.54) is 25.7 Å². The van der Waals surface area contributed by atoms with E-state index in [0.29, 0.717) is 24.5 Å². The number of hydrogen-bond acceptors (Lipinski definition) is 4. The summed E-state index contributed by atoms with van der Waals surface area (Å²) < 4.78 is 6.24. The van der Waals surface area contributed by atoms with Crippen LogP contribution in [0.3, 0.4) is 0 Å². The Morgan fingerprint density at radius 3 is 2.19 bits per heavy atom. The molecule has 1 heterocycles. The number of dihydropyridines is 1. The number of Topliss-reactive ketones (excluding diaryl/α,β-unsaturated/α-hetero) is 2. The molecule has 0 amide bonds. The molecule has 0 unspecified atom stereocenters. The first kappa shape index (κ1) is 23.1. The summed E-state index contributed by atoms with van der Waals surface area (Å²) >= 11 is 6.42. The summed E-state index contributed by atoms with van der Waals surface area (Å²) in [5.41, 5.74) is 4.33. The van der Waals surface area contributed by atoms with Gasteiger partial charge >= 0.3 is 0 Å². The van der Waals surface area contributed by atoms with Gasteiger partial charge < -0.3 is 10.1 Å². The van der Waals surface area contributed by atoms with Crippen molar-refractivity contribution in [1.82, 2.24) is 5.32 Å². The lowest BCUT2D eigenvalue weighted by Gasteiger charge is -2.37. The third kappa shape index (κ3) is 4.96. The number of halogens is 1. The summed E-state index contributed by atoms with van der Waals surface area (Å²) in [6, 6.07) is 5.63. The van der Waals surface area contributed by atoms with Gasteiger partial charge in [-0.05, 0) is 50.3 Å². The second-order valence-electron chi connectivity index (χ2n) is 9.19. The van der Waals surface area contributed by atoms with Crippen molar-refractivity contribution in [2.45, 2.75) is 89.9 Å². The van der Waals surface area contributed by atoms with Crippen LogP contribution in [-0.4, -0.2) is 18.2 Å². The quantitative estimate of drug-likeness (QED) is 0.417. The zero-order valence-electron chi connectivity index (χ0n) is 19.1. The lowest BCUT2D eigenvalue weighted by molar-refractivity contribution is -0.116. The van der Waals surface area contributed by atoms with Crippen LogP contribution in [0.2, 0.25) is 5.02 Å². The molecule has 0 radical (unpaired) electrons. The summed E-state index contributed by atoms with van der Waals surface area (Å²) in [5, 5.41) is 4.07. The lowest BCUT2D eigenvalue weighted by atomic mass is 9.71. The van der Waals surface area contributed by atoms with Gasteiger partial charge in [-0.15, -0.1) is 0 Å². The SMILES string of the molecule is CCCCCCCCOc1ccc(Cl)cc1C1C2=C(CCCC2=O)NC2=C1C(=O)CCC2. The third-order valence-electron chi connectivity index (χ3n) is 6.83. The number of ether oxygens (including phenoxy) is 1. The van der Waals surface area contributed by atoms with Crippen molar-refractivity contribution in [3.05, 3.63) is 51.3 Å². The molecule has 2 aliphatic carbocycles. The molecule has 1 aromatic rings. The van der Waals surface area contributed by atoms with Crippen molar-refractivity contribution in [2.24, 2.45) is 0 Å². The Hall–Kier alpha value is -2.07. The van der Waals surface area contributed by atoms with Crippen LogP contribution >= 0.6 is 11.6 Å². The summed E-state index contributed by atoms with van der Waals surface area (Å²) in [4.78, 5) is 26.1. The fourth-order valence-corrected chi connectivity index (χ4v) is 5.42. The molecule has 1 aliphatic heterocycles. The Balaban J connectivity index is 1.63. The third-order valence-corrected chi connectivity index (χ3v) is 7.06. The molecule has 4 rings (SSSR count). The maximum absolute atomic E-state index is 13.1. The van der Waals surface area contributed by atoms with Gasteiger partial charge in [0.15, 0.2) is 11.6 Å². The Labute approximate surface area is 196 Å². The van der Waals surface area contributed by atoms with E-state index in [9.17, 15) is 9.59 Å². The molecule has 0 bridgehead atoms. The number of nitrogens with one attached hydrogen (secondary N) is 1. The predicted molar refractivity (Wildman–Crippen MR) is 128 cm³/mol. The van der Waals surface area contributed by atoms with E-state index >= 15 is 0 Å². The number of benzene rings is 1. The molecule has 172 valence electrons. The maximum atomic E-state index is 13.1. The van der Waals surface area contributed by atoms with Crippen molar-refractivity contribution in [3.63, 3.8) is 0 Å². The number of carbonyl (C=O) groups is 2. The second-order valence-corrected chi connectivity index (χ2v) is 9.63. The number of rotatable bonds is 9.